The van der Waals surface area contributed by atoms with Crippen molar-refractivity contribution >= 4 is 23.0 Å². The van der Waals surface area contributed by atoms with E-state index in [1.165, 1.54) is 12.1 Å². The van der Waals surface area contributed by atoms with E-state index in [0.29, 0.717) is 10.7 Å². The molecule has 0 heterocycles. The third-order valence-electron chi connectivity index (χ3n) is 3.15. The Bertz CT molecular complexity index is 644. The highest BCUT2D eigenvalue weighted by Crippen LogP contribution is 2.30. The predicted octanol–water partition coefficient (Wildman–Crippen LogP) is 4.43. The fraction of sp³-hybridized carbons (Fsp3) is 0.200. The summed E-state index contributed by atoms with van der Waals surface area (Å²) in [5, 5.41) is 14.2. The highest BCUT2D eigenvalue weighted by Gasteiger charge is 2.12. The first kappa shape index (κ1) is 15.1. The maximum atomic E-state index is 10.7. The van der Waals surface area contributed by atoms with Gasteiger partial charge in [0.15, 0.2) is 0 Å². The number of nitro groups is 1. The van der Waals surface area contributed by atoms with Gasteiger partial charge in [0.2, 0.25) is 0 Å². The van der Waals surface area contributed by atoms with Crippen molar-refractivity contribution < 1.29 is 9.66 Å². The molecule has 0 radical (unpaired) electrons. The molecule has 2 rings (SSSR count). The van der Waals surface area contributed by atoms with Crippen molar-refractivity contribution in [1.29, 1.82) is 0 Å². The molecule has 110 valence electrons. The molecule has 0 fully saturated rings. The Morgan fingerprint density at radius 2 is 1.90 bits per heavy atom. The lowest BCUT2D eigenvalue weighted by Gasteiger charge is -2.17. The molecule has 0 spiro atoms. The molecule has 6 heteroatoms. The molecular formula is C15H15ClN2O3. The maximum absolute atomic E-state index is 10.7. The number of hydrogen-bond donors (Lipinski definition) is 1. The number of nitrogens with zero attached hydrogens (tertiary/aromatic N) is 1. The minimum absolute atomic E-state index is 0.00913. The minimum atomic E-state index is -0.470. The molecule has 5 nitrogen and oxygen atoms in total. The molecule has 0 saturated heterocycles. The second-order valence-electron chi connectivity index (χ2n) is 4.56. The van der Waals surface area contributed by atoms with Crippen LogP contribution in [0.5, 0.6) is 5.75 Å². The van der Waals surface area contributed by atoms with Gasteiger partial charge >= 0.3 is 0 Å². The highest BCUT2D eigenvalue weighted by molar-refractivity contribution is 6.33. The number of hydrogen-bond acceptors (Lipinski definition) is 4. The summed E-state index contributed by atoms with van der Waals surface area (Å²) >= 11 is 6.07. The number of halogens is 1. The Morgan fingerprint density at radius 3 is 2.43 bits per heavy atom. The number of benzene rings is 2. The molecule has 0 aliphatic carbocycles. The summed E-state index contributed by atoms with van der Waals surface area (Å²) in [5.74, 6) is 0.791. The molecule has 0 saturated carbocycles. The second kappa shape index (κ2) is 6.45. The third-order valence-corrected chi connectivity index (χ3v) is 3.46. The number of nitro benzene ring substituents is 1. The Hall–Kier alpha value is -2.27. The van der Waals surface area contributed by atoms with E-state index in [-0.39, 0.29) is 11.7 Å². The standard InChI is InChI=1S/C15H15ClN2O3/c1-10(11-3-6-13(21-2)7-4-11)17-15-8-5-12(18(19)20)9-14(15)16/h3-10,17H,1-2H3. The lowest BCUT2D eigenvalue weighted by molar-refractivity contribution is -0.384. The van der Waals surface area contributed by atoms with Gasteiger partial charge in [0.1, 0.15) is 5.75 Å². The van der Waals surface area contributed by atoms with E-state index in [1.807, 2.05) is 31.2 Å². The van der Waals surface area contributed by atoms with Gasteiger partial charge in [0.05, 0.1) is 22.7 Å². The molecule has 2 aromatic rings. The van der Waals surface area contributed by atoms with E-state index in [1.54, 1.807) is 13.2 Å². The van der Waals surface area contributed by atoms with E-state index in [4.69, 9.17) is 16.3 Å². The van der Waals surface area contributed by atoms with Gasteiger partial charge < -0.3 is 10.1 Å². The molecule has 0 amide bonds. The molecule has 1 N–H and O–H groups in total. The fourth-order valence-electron chi connectivity index (χ4n) is 1.94. The molecule has 2 aromatic carbocycles. The van der Waals surface area contributed by atoms with Crippen LogP contribution in [-0.2, 0) is 0 Å². The van der Waals surface area contributed by atoms with Crippen LogP contribution >= 0.6 is 11.6 Å². The lowest BCUT2D eigenvalue weighted by atomic mass is 10.1. The van der Waals surface area contributed by atoms with Crippen LogP contribution in [0.2, 0.25) is 5.02 Å². The Morgan fingerprint density at radius 1 is 1.24 bits per heavy atom. The van der Waals surface area contributed by atoms with Crippen molar-refractivity contribution in [3.8, 4) is 5.75 Å². The van der Waals surface area contributed by atoms with E-state index < -0.39 is 4.92 Å². The van der Waals surface area contributed by atoms with Crippen LogP contribution in [0.4, 0.5) is 11.4 Å². The van der Waals surface area contributed by atoms with Gasteiger partial charge in [-0.1, -0.05) is 23.7 Å². The lowest BCUT2D eigenvalue weighted by Crippen LogP contribution is -2.07. The van der Waals surface area contributed by atoms with E-state index in [2.05, 4.69) is 5.32 Å². The summed E-state index contributed by atoms with van der Waals surface area (Å²) in [5.41, 5.74) is 1.69. The van der Waals surface area contributed by atoms with Crippen LogP contribution < -0.4 is 10.1 Å². The number of ether oxygens (including phenoxy) is 1. The Balaban J connectivity index is 2.14. The average molecular weight is 307 g/mol. The smallest absolute Gasteiger partial charge is 0.271 e. The third kappa shape index (κ3) is 3.64. The first-order valence-electron chi connectivity index (χ1n) is 6.35. The van der Waals surface area contributed by atoms with Crippen molar-refractivity contribution in [3.63, 3.8) is 0 Å². The van der Waals surface area contributed by atoms with Crippen molar-refractivity contribution in [1.82, 2.24) is 0 Å². The zero-order valence-corrected chi connectivity index (χ0v) is 12.4. The molecule has 1 atom stereocenters. The first-order valence-corrected chi connectivity index (χ1v) is 6.73. The largest absolute Gasteiger partial charge is 0.497 e. The first-order chi connectivity index (χ1) is 10.0. The van der Waals surface area contributed by atoms with Gasteiger partial charge in [-0.15, -0.1) is 0 Å². The predicted molar refractivity (Wildman–Crippen MR) is 83.1 cm³/mol. The zero-order chi connectivity index (χ0) is 15.4. The number of anilines is 1. The zero-order valence-electron chi connectivity index (χ0n) is 11.7. The van der Waals surface area contributed by atoms with Crippen LogP contribution in [0.1, 0.15) is 18.5 Å². The van der Waals surface area contributed by atoms with Gasteiger partial charge in [-0.2, -0.15) is 0 Å². The summed E-state index contributed by atoms with van der Waals surface area (Å²) in [6.45, 7) is 1.99. The monoisotopic (exact) mass is 306 g/mol. The summed E-state index contributed by atoms with van der Waals surface area (Å²) in [7, 11) is 1.62. The van der Waals surface area contributed by atoms with Crippen LogP contribution in [-0.4, -0.2) is 12.0 Å². The average Bonchev–Trinajstić information content (AvgIpc) is 2.49. The Kier molecular flexibility index (Phi) is 4.65. The molecule has 1 unspecified atom stereocenters. The second-order valence-corrected chi connectivity index (χ2v) is 4.97. The summed E-state index contributed by atoms with van der Waals surface area (Å²) < 4.78 is 5.12. The summed E-state index contributed by atoms with van der Waals surface area (Å²) in [6.07, 6.45) is 0. The van der Waals surface area contributed by atoms with Gasteiger partial charge in [-0.25, -0.2) is 0 Å². The van der Waals surface area contributed by atoms with Gasteiger partial charge in [0, 0.05) is 18.2 Å². The number of methoxy groups -OCH3 is 1. The number of nitrogens with one attached hydrogen (secondary N) is 1. The van der Waals surface area contributed by atoms with Gasteiger partial charge in [0.25, 0.3) is 5.69 Å². The van der Waals surface area contributed by atoms with Crippen LogP contribution in [0, 0.1) is 10.1 Å². The molecule has 21 heavy (non-hydrogen) atoms. The topological polar surface area (TPSA) is 64.4 Å². The van der Waals surface area contributed by atoms with Crippen molar-refractivity contribution in [3.05, 3.63) is 63.2 Å². The van der Waals surface area contributed by atoms with Crippen molar-refractivity contribution in [2.75, 3.05) is 12.4 Å². The summed E-state index contributed by atoms with van der Waals surface area (Å²) in [6, 6.07) is 12.1. The van der Waals surface area contributed by atoms with Crippen LogP contribution in [0.25, 0.3) is 0 Å². The molecule has 0 aliphatic rings. The van der Waals surface area contributed by atoms with Crippen molar-refractivity contribution in [2.45, 2.75) is 13.0 Å². The maximum Gasteiger partial charge on any atom is 0.271 e. The molecular weight excluding hydrogens is 292 g/mol. The Labute approximate surface area is 127 Å². The number of rotatable bonds is 5. The van der Waals surface area contributed by atoms with E-state index >= 15 is 0 Å². The van der Waals surface area contributed by atoms with Gasteiger partial charge in [-0.05, 0) is 30.7 Å². The fourth-order valence-corrected chi connectivity index (χ4v) is 2.17. The van der Waals surface area contributed by atoms with Gasteiger partial charge in [-0.3, -0.25) is 10.1 Å². The van der Waals surface area contributed by atoms with Crippen LogP contribution in [0.15, 0.2) is 42.5 Å². The van der Waals surface area contributed by atoms with E-state index in [0.717, 1.165) is 11.3 Å². The van der Waals surface area contributed by atoms with E-state index in [9.17, 15) is 10.1 Å². The molecule has 0 aliphatic heterocycles. The quantitative estimate of drug-likeness (QED) is 0.655. The normalized spacial score (nSPS) is 11.8. The molecule has 0 aromatic heterocycles. The SMILES string of the molecule is COc1ccc(C(C)Nc2ccc([N+](=O)[O-])cc2Cl)cc1. The highest BCUT2D eigenvalue weighted by atomic mass is 35.5. The van der Waals surface area contributed by atoms with Crippen molar-refractivity contribution in [2.24, 2.45) is 0 Å². The number of non-ortho nitro benzene ring substituents is 1. The van der Waals surface area contributed by atoms with Crippen LogP contribution in [0.3, 0.4) is 0 Å². The minimum Gasteiger partial charge on any atom is -0.497 e. The molecule has 0 bridgehead atoms. The summed E-state index contributed by atoms with van der Waals surface area (Å²) in [4.78, 5) is 10.2.